The Kier molecular flexibility index (Phi) is 9.68. The third kappa shape index (κ3) is 7.26. The van der Waals surface area contributed by atoms with Crippen molar-refractivity contribution in [3.05, 3.63) is 78.2 Å². The van der Waals surface area contributed by atoms with Gasteiger partial charge in [-0.05, 0) is 56.0 Å². The van der Waals surface area contributed by atoms with Gasteiger partial charge in [0.2, 0.25) is 0 Å². The Hall–Kier alpha value is -2.46. The summed E-state index contributed by atoms with van der Waals surface area (Å²) in [6, 6.07) is 17.6. The predicted molar refractivity (Wildman–Crippen MR) is 144 cm³/mol. The average Bonchev–Trinajstić information content (AvgIpc) is 3.36. The molecule has 1 fully saturated rings. The molecule has 0 radical (unpaired) electrons. The van der Waals surface area contributed by atoms with Gasteiger partial charge in [0.15, 0.2) is 11.8 Å². The minimum atomic E-state index is 0. The van der Waals surface area contributed by atoms with E-state index >= 15 is 0 Å². The molecule has 0 aliphatic carbocycles. The molecule has 33 heavy (non-hydrogen) atoms. The molecule has 8 heteroatoms. The summed E-state index contributed by atoms with van der Waals surface area (Å²) < 4.78 is 1.77. The lowest BCUT2D eigenvalue weighted by Gasteiger charge is -2.38. The van der Waals surface area contributed by atoms with E-state index in [1.807, 2.05) is 30.6 Å². The normalized spacial score (nSPS) is 19.0. The molecule has 0 spiro atoms. The maximum Gasteiger partial charge on any atom is 0.191 e. The molecule has 0 bridgehead atoms. The lowest BCUT2D eigenvalue weighted by Crippen LogP contribution is -2.51. The van der Waals surface area contributed by atoms with Crippen molar-refractivity contribution in [1.29, 1.82) is 0 Å². The van der Waals surface area contributed by atoms with Gasteiger partial charge in [0, 0.05) is 50.3 Å². The average molecular weight is 560 g/mol. The SMILES string of the molecule is CCNC(=NCc1ccnc(-n2cccn2)c1)NC1CCN(Cc2ccccc2)C(C)C1.I. The Morgan fingerprint density at radius 1 is 1.12 bits per heavy atom. The van der Waals surface area contributed by atoms with E-state index in [-0.39, 0.29) is 24.0 Å². The molecule has 1 saturated heterocycles. The van der Waals surface area contributed by atoms with Crippen molar-refractivity contribution < 1.29 is 0 Å². The van der Waals surface area contributed by atoms with Crippen LogP contribution in [0.1, 0.15) is 37.8 Å². The Labute approximate surface area is 213 Å². The molecule has 2 aromatic heterocycles. The molecule has 1 aliphatic heterocycles. The predicted octanol–water partition coefficient (Wildman–Crippen LogP) is 3.99. The molecule has 7 nitrogen and oxygen atoms in total. The fourth-order valence-electron chi connectivity index (χ4n) is 4.18. The molecule has 2 atom stereocenters. The van der Waals surface area contributed by atoms with E-state index < -0.39 is 0 Å². The summed E-state index contributed by atoms with van der Waals surface area (Å²) in [5, 5.41) is 11.3. The summed E-state index contributed by atoms with van der Waals surface area (Å²) >= 11 is 0. The van der Waals surface area contributed by atoms with Crippen LogP contribution < -0.4 is 10.6 Å². The number of nitrogens with one attached hydrogen (secondary N) is 2. The highest BCUT2D eigenvalue weighted by molar-refractivity contribution is 14.0. The summed E-state index contributed by atoms with van der Waals surface area (Å²) in [6.45, 7) is 7.96. The molecule has 3 heterocycles. The second-order valence-electron chi connectivity index (χ2n) is 8.34. The highest BCUT2D eigenvalue weighted by Crippen LogP contribution is 2.20. The van der Waals surface area contributed by atoms with Gasteiger partial charge in [-0.3, -0.25) is 4.90 Å². The number of guanidine groups is 1. The van der Waals surface area contributed by atoms with E-state index in [1.165, 1.54) is 5.56 Å². The lowest BCUT2D eigenvalue weighted by atomic mass is 9.97. The zero-order valence-corrected chi connectivity index (χ0v) is 21.7. The Morgan fingerprint density at radius 2 is 1.97 bits per heavy atom. The fraction of sp³-hybridized carbons (Fsp3) is 0.400. The third-order valence-electron chi connectivity index (χ3n) is 5.90. The minimum Gasteiger partial charge on any atom is -0.357 e. The summed E-state index contributed by atoms with van der Waals surface area (Å²) in [7, 11) is 0. The molecule has 2 N–H and O–H groups in total. The van der Waals surface area contributed by atoms with Gasteiger partial charge in [0.05, 0.1) is 6.54 Å². The number of pyridine rings is 1. The van der Waals surface area contributed by atoms with Gasteiger partial charge in [0.1, 0.15) is 0 Å². The third-order valence-corrected chi connectivity index (χ3v) is 5.90. The number of hydrogen-bond donors (Lipinski definition) is 2. The van der Waals surface area contributed by atoms with Crippen molar-refractivity contribution in [3.8, 4) is 5.82 Å². The van der Waals surface area contributed by atoms with E-state index in [2.05, 4.69) is 69.8 Å². The van der Waals surface area contributed by atoms with Gasteiger partial charge in [0.25, 0.3) is 0 Å². The zero-order chi connectivity index (χ0) is 22.2. The summed E-state index contributed by atoms with van der Waals surface area (Å²) in [6.07, 6.45) is 7.68. The standard InChI is InChI=1S/C25H33N7.HI/c1-3-26-25(28-18-22-10-13-27-24(17-22)32-14-7-12-29-32)30-23-11-15-31(20(2)16-23)19-21-8-5-4-6-9-21;/h4-10,12-14,17,20,23H,3,11,15-16,18-19H2,1-2H3,(H2,26,28,30);1H. The van der Waals surface area contributed by atoms with E-state index in [1.54, 1.807) is 10.9 Å². The van der Waals surface area contributed by atoms with Crippen molar-refractivity contribution in [1.82, 2.24) is 30.3 Å². The smallest absolute Gasteiger partial charge is 0.191 e. The van der Waals surface area contributed by atoms with Crippen LogP contribution >= 0.6 is 24.0 Å². The molecule has 0 amide bonds. The molecule has 176 valence electrons. The first-order chi connectivity index (χ1) is 15.7. The summed E-state index contributed by atoms with van der Waals surface area (Å²) in [5.74, 6) is 1.68. The van der Waals surface area contributed by atoms with Crippen LogP contribution in [0.25, 0.3) is 5.82 Å². The van der Waals surface area contributed by atoms with E-state index in [0.29, 0.717) is 18.6 Å². The summed E-state index contributed by atoms with van der Waals surface area (Å²) in [4.78, 5) is 11.8. The summed E-state index contributed by atoms with van der Waals surface area (Å²) in [5.41, 5.74) is 2.49. The van der Waals surface area contributed by atoms with Crippen molar-refractivity contribution in [2.75, 3.05) is 13.1 Å². The van der Waals surface area contributed by atoms with E-state index in [4.69, 9.17) is 4.99 Å². The maximum absolute atomic E-state index is 4.84. The van der Waals surface area contributed by atoms with Crippen LogP contribution in [0.15, 0.2) is 72.1 Å². The number of nitrogens with zero attached hydrogens (tertiary/aromatic N) is 5. The molecule has 4 rings (SSSR count). The van der Waals surface area contributed by atoms with Gasteiger partial charge in [-0.15, -0.1) is 24.0 Å². The van der Waals surface area contributed by atoms with E-state index in [0.717, 1.165) is 49.8 Å². The number of piperidine rings is 1. The van der Waals surface area contributed by atoms with Crippen molar-refractivity contribution in [2.45, 2.75) is 51.9 Å². The van der Waals surface area contributed by atoms with Crippen LogP contribution in [0, 0.1) is 0 Å². The number of halogens is 1. The fourth-order valence-corrected chi connectivity index (χ4v) is 4.18. The molecule has 2 unspecified atom stereocenters. The highest BCUT2D eigenvalue weighted by Gasteiger charge is 2.25. The first-order valence-corrected chi connectivity index (χ1v) is 11.5. The van der Waals surface area contributed by atoms with Crippen LogP contribution in [0.3, 0.4) is 0 Å². The molecule has 1 aliphatic rings. The Balaban J connectivity index is 0.00000306. The topological polar surface area (TPSA) is 70.4 Å². The van der Waals surface area contributed by atoms with Gasteiger partial charge >= 0.3 is 0 Å². The van der Waals surface area contributed by atoms with Crippen molar-refractivity contribution in [3.63, 3.8) is 0 Å². The molecule has 0 saturated carbocycles. The second kappa shape index (κ2) is 12.7. The molecule has 3 aromatic rings. The maximum atomic E-state index is 4.84. The first kappa shape index (κ1) is 25.2. The molecular formula is C25H34IN7. The van der Waals surface area contributed by atoms with E-state index in [9.17, 15) is 0 Å². The highest BCUT2D eigenvalue weighted by atomic mass is 127. The van der Waals surface area contributed by atoms with Gasteiger partial charge in [-0.2, -0.15) is 5.10 Å². The van der Waals surface area contributed by atoms with Crippen LogP contribution in [0.2, 0.25) is 0 Å². The Bertz CT molecular complexity index is 991. The first-order valence-electron chi connectivity index (χ1n) is 11.5. The number of rotatable bonds is 7. The van der Waals surface area contributed by atoms with Crippen LogP contribution in [0.4, 0.5) is 0 Å². The second-order valence-corrected chi connectivity index (χ2v) is 8.34. The quantitative estimate of drug-likeness (QED) is 0.260. The molecular weight excluding hydrogens is 525 g/mol. The Morgan fingerprint density at radius 3 is 2.70 bits per heavy atom. The lowest BCUT2D eigenvalue weighted by molar-refractivity contribution is 0.134. The van der Waals surface area contributed by atoms with Crippen LogP contribution in [-0.2, 0) is 13.1 Å². The van der Waals surface area contributed by atoms with Crippen molar-refractivity contribution in [2.24, 2.45) is 4.99 Å². The monoisotopic (exact) mass is 559 g/mol. The van der Waals surface area contributed by atoms with Gasteiger partial charge < -0.3 is 10.6 Å². The largest absolute Gasteiger partial charge is 0.357 e. The number of hydrogen-bond acceptors (Lipinski definition) is 4. The number of aromatic nitrogens is 3. The van der Waals surface area contributed by atoms with Gasteiger partial charge in [-0.25, -0.2) is 14.7 Å². The number of aliphatic imine (C=N–C) groups is 1. The van der Waals surface area contributed by atoms with Gasteiger partial charge in [-0.1, -0.05) is 30.3 Å². The number of benzene rings is 1. The minimum absolute atomic E-state index is 0. The van der Waals surface area contributed by atoms with Crippen molar-refractivity contribution >= 4 is 29.9 Å². The van der Waals surface area contributed by atoms with Crippen LogP contribution in [0.5, 0.6) is 0 Å². The zero-order valence-electron chi connectivity index (χ0n) is 19.4. The molecule has 1 aromatic carbocycles. The van der Waals surface area contributed by atoms with Crippen LogP contribution in [-0.4, -0.2) is 50.8 Å². The number of likely N-dealkylation sites (tertiary alicyclic amines) is 1.